The Morgan fingerprint density at radius 2 is 1.82 bits per heavy atom. The zero-order valence-corrected chi connectivity index (χ0v) is 17.2. The van der Waals surface area contributed by atoms with E-state index in [0.29, 0.717) is 0 Å². The lowest BCUT2D eigenvalue weighted by atomic mass is 9.98. The van der Waals surface area contributed by atoms with Gasteiger partial charge < -0.3 is 4.90 Å². The third-order valence-corrected chi connectivity index (χ3v) is 5.55. The van der Waals surface area contributed by atoms with E-state index in [9.17, 15) is 4.79 Å². The van der Waals surface area contributed by atoms with Gasteiger partial charge in [-0.15, -0.1) is 0 Å². The van der Waals surface area contributed by atoms with Crippen LogP contribution in [0, 0.1) is 13.8 Å². The standard InChI is InChI=1S/C23H28N4O/c1-15(2)27-14-18(13-24-27)20-12-19(23(28)26-8-6-5-7-9-26)22-17(4)10-16(3)11-21(22)25-20/h10-15H,5-9H2,1-4H3. The summed E-state index contributed by atoms with van der Waals surface area (Å²) in [5.41, 5.74) is 5.66. The largest absolute Gasteiger partial charge is 0.339 e. The van der Waals surface area contributed by atoms with Crippen LogP contribution >= 0.6 is 0 Å². The summed E-state index contributed by atoms with van der Waals surface area (Å²) in [6.07, 6.45) is 7.23. The van der Waals surface area contributed by atoms with E-state index in [1.807, 2.05) is 28.0 Å². The van der Waals surface area contributed by atoms with E-state index in [-0.39, 0.29) is 11.9 Å². The van der Waals surface area contributed by atoms with Crippen LogP contribution in [0.15, 0.2) is 30.6 Å². The number of amides is 1. The Morgan fingerprint density at radius 3 is 2.50 bits per heavy atom. The molecule has 3 aromatic rings. The molecule has 4 rings (SSSR count). The maximum absolute atomic E-state index is 13.4. The van der Waals surface area contributed by atoms with E-state index in [0.717, 1.165) is 64.8 Å². The molecule has 1 amide bonds. The molecule has 0 atom stereocenters. The van der Waals surface area contributed by atoms with Gasteiger partial charge in [-0.25, -0.2) is 4.98 Å². The van der Waals surface area contributed by atoms with E-state index < -0.39 is 0 Å². The number of nitrogens with zero attached hydrogens (tertiary/aromatic N) is 4. The molecule has 146 valence electrons. The maximum atomic E-state index is 13.4. The highest BCUT2D eigenvalue weighted by Gasteiger charge is 2.23. The van der Waals surface area contributed by atoms with Crippen molar-refractivity contribution in [2.75, 3.05) is 13.1 Å². The second-order valence-electron chi connectivity index (χ2n) is 8.19. The number of carbonyl (C=O) groups is 1. The molecule has 1 saturated heterocycles. The lowest BCUT2D eigenvalue weighted by Gasteiger charge is -2.27. The number of pyridine rings is 1. The molecule has 1 aromatic carbocycles. The third-order valence-electron chi connectivity index (χ3n) is 5.55. The number of aromatic nitrogens is 3. The summed E-state index contributed by atoms with van der Waals surface area (Å²) >= 11 is 0. The minimum atomic E-state index is 0.122. The van der Waals surface area contributed by atoms with Gasteiger partial charge in [-0.1, -0.05) is 6.07 Å². The highest BCUT2D eigenvalue weighted by molar-refractivity contribution is 6.08. The minimum Gasteiger partial charge on any atom is -0.339 e. The van der Waals surface area contributed by atoms with Crippen molar-refractivity contribution in [1.82, 2.24) is 19.7 Å². The molecule has 1 aliphatic heterocycles. The van der Waals surface area contributed by atoms with Gasteiger partial charge in [0.25, 0.3) is 5.91 Å². The second-order valence-corrected chi connectivity index (χ2v) is 8.19. The lowest BCUT2D eigenvalue weighted by molar-refractivity contribution is 0.0726. The lowest BCUT2D eigenvalue weighted by Crippen LogP contribution is -2.35. The average Bonchev–Trinajstić information content (AvgIpc) is 3.17. The number of hydrogen-bond donors (Lipinski definition) is 0. The highest BCUT2D eigenvalue weighted by atomic mass is 16.2. The fraction of sp³-hybridized carbons (Fsp3) is 0.435. The molecule has 0 spiro atoms. The molecule has 3 heterocycles. The second kappa shape index (κ2) is 7.38. The molecule has 5 heteroatoms. The van der Waals surface area contributed by atoms with Gasteiger partial charge in [-0.3, -0.25) is 9.48 Å². The van der Waals surface area contributed by atoms with E-state index in [4.69, 9.17) is 4.98 Å². The summed E-state index contributed by atoms with van der Waals surface area (Å²) < 4.78 is 1.93. The van der Waals surface area contributed by atoms with Gasteiger partial charge >= 0.3 is 0 Å². The number of carbonyl (C=O) groups excluding carboxylic acids is 1. The number of rotatable bonds is 3. The van der Waals surface area contributed by atoms with Crippen LogP contribution in [0.2, 0.25) is 0 Å². The van der Waals surface area contributed by atoms with E-state index in [1.54, 1.807) is 0 Å². The molecule has 5 nitrogen and oxygen atoms in total. The Morgan fingerprint density at radius 1 is 1.07 bits per heavy atom. The number of aryl methyl sites for hydroxylation is 2. The summed E-state index contributed by atoms with van der Waals surface area (Å²) in [4.78, 5) is 20.3. The van der Waals surface area contributed by atoms with Crippen LogP contribution in [-0.4, -0.2) is 38.7 Å². The Balaban J connectivity index is 1.88. The van der Waals surface area contributed by atoms with Crippen LogP contribution in [0.25, 0.3) is 22.2 Å². The topological polar surface area (TPSA) is 51.0 Å². The zero-order chi connectivity index (χ0) is 19.8. The van der Waals surface area contributed by atoms with E-state index in [1.165, 1.54) is 6.42 Å². The first-order chi connectivity index (χ1) is 13.4. The highest BCUT2D eigenvalue weighted by Crippen LogP contribution is 2.30. The molecule has 2 aromatic heterocycles. The van der Waals surface area contributed by atoms with Crippen molar-refractivity contribution in [3.8, 4) is 11.3 Å². The van der Waals surface area contributed by atoms with Crippen LogP contribution < -0.4 is 0 Å². The van der Waals surface area contributed by atoms with Crippen molar-refractivity contribution in [2.24, 2.45) is 0 Å². The fourth-order valence-electron chi connectivity index (χ4n) is 4.09. The first kappa shape index (κ1) is 18.7. The van der Waals surface area contributed by atoms with Gasteiger partial charge in [-0.05, 0) is 70.2 Å². The van der Waals surface area contributed by atoms with Gasteiger partial charge in [-0.2, -0.15) is 5.10 Å². The Kier molecular flexibility index (Phi) is 4.92. The van der Waals surface area contributed by atoms with Gasteiger partial charge in [0.05, 0.1) is 23.0 Å². The van der Waals surface area contributed by atoms with E-state index >= 15 is 0 Å². The Labute approximate surface area is 166 Å². The predicted molar refractivity (Wildman–Crippen MR) is 113 cm³/mol. The molecule has 28 heavy (non-hydrogen) atoms. The molecule has 0 aliphatic carbocycles. The zero-order valence-electron chi connectivity index (χ0n) is 17.2. The number of piperidine rings is 1. The normalized spacial score (nSPS) is 14.8. The fourth-order valence-corrected chi connectivity index (χ4v) is 4.09. The van der Waals surface area contributed by atoms with Gasteiger partial charge in [0, 0.05) is 36.3 Å². The number of benzene rings is 1. The van der Waals surface area contributed by atoms with Gasteiger partial charge in [0.15, 0.2) is 0 Å². The molecule has 0 bridgehead atoms. The molecule has 1 fully saturated rings. The molecule has 1 aliphatic rings. The first-order valence-corrected chi connectivity index (χ1v) is 10.2. The van der Waals surface area contributed by atoms with Crippen LogP contribution in [-0.2, 0) is 0 Å². The van der Waals surface area contributed by atoms with Gasteiger partial charge in [0.2, 0.25) is 0 Å². The predicted octanol–water partition coefficient (Wildman–Crippen LogP) is 4.92. The maximum Gasteiger partial charge on any atom is 0.254 e. The summed E-state index contributed by atoms with van der Waals surface area (Å²) in [5, 5.41) is 5.43. The SMILES string of the molecule is Cc1cc(C)c2c(C(=O)N3CCCCC3)cc(-c3cnn(C(C)C)c3)nc2c1. The average molecular weight is 377 g/mol. The molecule has 0 saturated carbocycles. The van der Waals surface area contributed by atoms with Crippen molar-refractivity contribution >= 4 is 16.8 Å². The number of likely N-dealkylation sites (tertiary alicyclic amines) is 1. The van der Waals surface area contributed by atoms with Crippen molar-refractivity contribution in [3.63, 3.8) is 0 Å². The van der Waals surface area contributed by atoms with Crippen molar-refractivity contribution in [3.05, 3.63) is 47.3 Å². The molecular formula is C23H28N4O. The van der Waals surface area contributed by atoms with Gasteiger partial charge in [0.1, 0.15) is 0 Å². The van der Waals surface area contributed by atoms with Crippen molar-refractivity contribution in [2.45, 2.75) is 53.0 Å². The van der Waals surface area contributed by atoms with Crippen LogP contribution in [0.4, 0.5) is 0 Å². The third kappa shape index (κ3) is 3.41. The summed E-state index contributed by atoms with van der Waals surface area (Å²) in [6, 6.07) is 6.45. The Bertz CT molecular complexity index is 1030. The number of hydrogen-bond acceptors (Lipinski definition) is 3. The van der Waals surface area contributed by atoms with Crippen molar-refractivity contribution < 1.29 is 4.79 Å². The summed E-state index contributed by atoms with van der Waals surface area (Å²) in [7, 11) is 0. The molecule has 0 N–H and O–H groups in total. The van der Waals surface area contributed by atoms with Crippen LogP contribution in [0.5, 0.6) is 0 Å². The summed E-state index contributed by atoms with van der Waals surface area (Å²) in [5.74, 6) is 0.122. The monoisotopic (exact) mass is 376 g/mol. The minimum absolute atomic E-state index is 0.122. The molecule has 0 radical (unpaired) electrons. The summed E-state index contributed by atoms with van der Waals surface area (Å²) in [6.45, 7) is 10.0. The Hall–Kier alpha value is -2.69. The smallest absolute Gasteiger partial charge is 0.254 e. The molecule has 0 unspecified atom stereocenters. The van der Waals surface area contributed by atoms with Crippen molar-refractivity contribution in [1.29, 1.82) is 0 Å². The number of fused-ring (bicyclic) bond motifs is 1. The molecular weight excluding hydrogens is 348 g/mol. The quantitative estimate of drug-likeness (QED) is 0.652. The van der Waals surface area contributed by atoms with Crippen LogP contribution in [0.3, 0.4) is 0 Å². The first-order valence-electron chi connectivity index (χ1n) is 10.2. The van der Waals surface area contributed by atoms with E-state index in [2.05, 4.69) is 44.9 Å². The van der Waals surface area contributed by atoms with Crippen LogP contribution in [0.1, 0.15) is 60.6 Å².